The number of halogens is 4. The maximum Gasteiger partial charge on any atom is 0.217 e. The number of hydrogen-bond donors (Lipinski definition) is 0. The molecular weight excluding hydrogens is 2070 g/mol. The van der Waals surface area contributed by atoms with Gasteiger partial charge in [-0.15, -0.1) is 83.5 Å². The number of benzene rings is 12. The first kappa shape index (κ1) is 93.6. The van der Waals surface area contributed by atoms with Crippen molar-refractivity contribution in [2.75, 3.05) is 0 Å². The fourth-order valence-corrected chi connectivity index (χ4v) is 12.9. The molecule has 12 aromatic carbocycles. The normalized spacial score (nSPS) is 10.2. The minimum atomic E-state index is 0.489. The Morgan fingerprint density at radius 3 is 1.07 bits per heavy atom. The van der Waals surface area contributed by atoms with Crippen LogP contribution in [0.15, 0.2) is 418 Å². The van der Waals surface area contributed by atoms with Gasteiger partial charge < -0.3 is 27.9 Å². The van der Waals surface area contributed by atoms with Crippen molar-refractivity contribution in [1.29, 1.82) is 0 Å². The molecule has 0 aliphatic heterocycles. The van der Waals surface area contributed by atoms with E-state index in [1.165, 1.54) is 38.9 Å². The van der Waals surface area contributed by atoms with Crippen molar-refractivity contribution in [1.82, 2.24) is 64.5 Å². The summed E-state index contributed by atoms with van der Waals surface area (Å²) in [7, 11) is 20.0. The molecule has 0 N–H and O–H groups in total. The quantitative estimate of drug-likeness (QED) is 0.0516. The van der Waals surface area contributed by atoms with Gasteiger partial charge in [0.25, 0.3) is 0 Å². The van der Waals surface area contributed by atoms with Crippen molar-refractivity contribution in [2.24, 2.45) is 7.05 Å². The zero-order valence-electron chi connectivity index (χ0n) is 67.9. The molecule has 0 saturated heterocycles. The minimum Gasteiger partial charge on any atom is -0.481 e. The standard InChI is InChI=1S/C27H20N3O.C26H17N2O2.2C25H17N4O.4ClH.4Pd/c1-30-25(22-15-13-21(14-16-22)20-8-3-2-4-9-20)19-29-27(30)23-10-7-11-24(18-23)31-26-12-5-6-17-28-26;1-2-7-19(8-3-1)20-12-14-21(15-13-20)24-18-28-26(30-24)22-9-6-10-23(17-22)29-25-11-4-5-16-27-25;1-2-7-19(8-3-1)20-12-14-21(15-13-20)24-18-29(28-27-24)22-9-6-10-23(17-22)30-25-11-4-5-16-26-25;1-2-7-19(8-3-1)20-12-14-21(15-13-20)24-18-27-29(28-24)22-9-6-10-23(17-22)30-25-11-4-5-16-26-25;;;;;;;;/h2-17,19H,1H3;3*1-16,18H;4*1H;;;;/q4*-1;;;;;4*+2/p-4. The van der Waals surface area contributed by atoms with Crippen molar-refractivity contribution < 1.29 is 96.1 Å². The zero-order valence-corrected chi connectivity index (χ0v) is 77.1. The van der Waals surface area contributed by atoms with E-state index in [1.54, 1.807) is 64.9 Å². The van der Waals surface area contributed by atoms with Crippen LogP contribution >= 0.6 is 38.1 Å². The van der Waals surface area contributed by atoms with E-state index in [0.717, 1.165) is 67.5 Å². The zero-order chi connectivity index (χ0) is 89.6. The molecule has 0 spiro atoms. The summed E-state index contributed by atoms with van der Waals surface area (Å²) in [4.78, 5) is 27.3. The molecule has 129 heavy (non-hydrogen) atoms. The molecule has 8 aromatic heterocycles. The second-order valence-electron chi connectivity index (χ2n) is 27.1. The Balaban J connectivity index is 0.000000143. The second-order valence-corrected chi connectivity index (χ2v) is 27.1. The van der Waals surface area contributed by atoms with E-state index in [1.807, 2.05) is 220 Å². The molecule has 646 valence electrons. The van der Waals surface area contributed by atoms with Crippen molar-refractivity contribution in [3.8, 4) is 170 Å². The van der Waals surface area contributed by atoms with Crippen LogP contribution < -0.4 is 18.9 Å². The largest absolute Gasteiger partial charge is 0.481 e. The van der Waals surface area contributed by atoms with Crippen molar-refractivity contribution in [3.63, 3.8) is 0 Å². The second kappa shape index (κ2) is 49.9. The maximum absolute atomic E-state index is 5.99. The van der Waals surface area contributed by atoms with E-state index < -0.39 is 0 Å². The third-order valence-electron chi connectivity index (χ3n) is 19.0. The van der Waals surface area contributed by atoms with Gasteiger partial charge in [0.2, 0.25) is 23.5 Å². The summed E-state index contributed by atoms with van der Waals surface area (Å²) in [6, 6.07) is 132. The van der Waals surface area contributed by atoms with Gasteiger partial charge in [-0.3, -0.25) is 9.97 Å². The molecule has 0 amide bonds. The summed E-state index contributed by atoms with van der Waals surface area (Å²) in [6.45, 7) is 0. The summed E-state index contributed by atoms with van der Waals surface area (Å²) in [5.41, 5.74) is 19.2. The molecular formula is C103H71Cl4N13O5Pd4. The molecule has 26 heteroatoms. The van der Waals surface area contributed by atoms with E-state index in [2.05, 4.69) is 336 Å². The molecule has 20 rings (SSSR count). The fourth-order valence-electron chi connectivity index (χ4n) is 12.9. The summed E-state index contributed by atoms with van der Waals surface area (Å²) in [5, 5.41) is 17.6. The summed E-state index contributed by atoms with van der Waals surface area (Å²) >= 11 is 8.89. The first-order valence-electron chi connectivity index (χ1n) is 39.2. The number of hydrogen-bond acceptors (Lipinski definition) is 15. The number of imidazole rings is 1. The Labute approximate surface area is 806 Å². The Kier molecular flexibility index (Phi) is 36.2. The van der Waals surface area contributed by atoms with Crippen molar-refractivity contribution in [2.45, 2.75) is 0 Å². The van der Waals surface area contributed by atoms with Gasteiger partial charge in [-0.2, -0.15) is 27.1 Å². The molecule has 0 aliphatic rings. The predicted octanol–water partition coefficient (Wildman–Crippen LogP) is 27.0. The average molecular weight is 2140 g/mol. The van der Waals surface area contributed by atoms with Gasteiger partial charge in [-0.1, -0.05) is 266 Å². The van der Waals surface area contributed by atoms with Crippen LogP contribution in [0.3, 0.4) is 0 Å². The summed E-state index contributed by atoms with van der Waals surface area (Å²) in [6.07, 6.45) is 14.0. The van der Waals surface area contributed by atoms with Crippen LogP contribution in [-0.2, 0) is 79.8 Å². The van der Waals surface area contributed by atoms with Gasteiger partial charge in [-0.05, 0) is 85.7 Å². The van der Waals surface area contributed by atoms with Crippen LogP contribution in [0.1, 0.15) is 0 Å². The summed E-state index contributed by atoms with van der Waals surface area (Å²) < 4.78 is 32.8. The Hall–Kier alpha value is -13.1. The minimum absolute atomic E-state index is 0.489. The maximum atomic E-state index is 5.99. The van der Waals surface area contributed by atoms with Crippen LogP contribution in [0, 0.1) is 24.3 Å². The molecule has 0 saturated carbocycles. The number of rotatable bonds is 20. The van der Waals surface area contributed by atoms with Crippen LogP contribution in [0.4, 0.5) is 0 Å². The Morgan fingerprint density at radius 1 is 0.295 bits per heavy atom. The van der Waals surface area contributed by atoms with Crippen molar-refractivity contribution in [3.05, 3.63) is 438 Å². The van der Waals surface area contributed by atoms with Gasteiger partial charge in [0.05, 0.1) is 30.1 Å². The number of nitrogens with zero attached hydrogens (tertiary/aromatic N) is 13. The molecule has 0 atom stereocenters. The molecule has 0 aliphatic carbocycles. The molecule has 20 aromatic rings. The third-order valence-corrected chi connectivity index (χ3v) is 19.0. The average Bonchev–Trinajstić information content (AvgIpc) is 1.67. The predicted molar refractivity (Wildman–Crippen MR) is 493 cm³/mol. The van der Waals surface area contributed by atoms with Gasteiger partial charge in [0.1, 0.15) is 23.0 Å². The topological polar surface area (TPSA) is 194 Å². The first-order valence-corrected chi connectivity index (χ1v) is 47.2. The Morgan fingerprint density at radius 2 is 0.643 bits per heavy atom. The van der Waals surface area contributed by atoms with Crippen molar-refractivity contribution >= 4 is 38.1 Å². The number of ether oxygens (including phenoxy) is 4. The summed E-state index contributed by atoms with van der Waals surface area (Å²) in [5.74, 6) is 6.37. The molecule has 0 bridgehead atoms. The van der Waals surface area contributed by atoms with Gasteiger partial charge in [-0.25, -0.2) is 24.6 Å². The smallest absolute Gasteiger partial charge is 0.217 e. The van der Waals surface area contributed by atoms with E-state index in [-0.39, 0.29) is 0 Å². The van der Waals surface area contributed by atoms with Gasteiger partial charge in [0.15, 0.2) is 0 Å². The molecule has 18 nitrogen and oxygen atoms in total. The van der Waals surface area contributed by atoms with Crippen LogP contribution in [0.2, 0.25) is 0 Å². The monoisotopic (exact) mass is 2130 g/mol. The van der Waals surface area contributed by atoms with E-state index in [4.69, 9.17) is 23.4 Å². The van der Waals surface area contributed by atoms with Gasteiger partial charge in [0, 0.05) is 102 Å². The Bertz CT molecular complexity index is 6240. The van der Waals surface area contributed by atoms with Crippen LogP contribution in [-0.4, -0.2) is 64.5 Å². The van der Waals surface area contributed by atoms with Crippen LogP contribution in [0.5, 0.6) is 46.5 Å². The number of aromatic nitrogens is 13. The number of pyridine rings is 4. The first-order chi connectivity index (χ1) is 63.8. The van der Waals surface area contributed by atoms with E-state index >= 15 is 0 Å². The SMILES string of the molecule is Cn1c(-c2ccc(-c3ccccc3)cc2)cnc1-c1[c-]c(Oc2ccccn2)ccc1.[Cl][Pd+].[Cl][Pd+].[Cl][Pd+].[Cl][Pd+].[c-]1c(Oc2ccccn2)cccc1-c1ncc(-c2ccc(-c3ccccc3)cc2)o1.[c-]1c(Oc2ccccn2)cccc1-n1cc(-c2ccc(-c3ccccc3)cc2)nn1.[c-]1c(Oc2ccccn2)cccc1-n1ncc(-c2ccc(-c3ccccc3)cc2)n1. The third kappa shape index (κ3) is 26.6. The van der Waals surface area contributed by atoms with E-state index in [9.17, 15) is 0 Å². The molecule has 0 unspecified atom stereocenters. The van der Waals surface area contributed by atoms with E-state index in [0.29, 0.717) is 63.9 Å². The van der Waals surface area contributed by atoms with Gasteiger partial charge >= 0.3 is 111 Å². The molecule has 8 heterocycles. The molecule has 0 fully saturated rings. The molecule has 0 radical (unpaired) electrons. The fraction of sp³-hybridized carbons (Fsp3) is 0.00971. The van der Waals surface area contributed by atoms with Crippen LogP contribution in [0.25, 0.3) is 124 Å². The number of oxazole rings is 1.